The number of nitrogens with zero attached hydrogens (tertiary/aromatic N) is 5. The summed E-state index contributed by atoms with van der Waals surface area (Å²) in [6.45, 7) is 2.73. The highest BCUT2D eigenvalue weighted by Crippen LogP contribution is 2.16. The number of imidazole rings is 1. The van der Waals surface area contributed by atoms with Gasteiger partial charge in [-0.25, -0.2) is 4.98 Å². The van der Waals surface area contributed by atoms with Crippen molar-refractivity contribution < 1.29 is 0 Å². The molecule has 0 spiro atoms. The lowest BCUT2D eigenvalue weighted by atomic mass is 10.4. The number of hydrogen-bond donors (Lipinski definition) is 1. The van der Waals surface area contributed by atoms with Crippen molar-refractivity contribution in [2.45, 2.75) is 13.5 Å². The maximum Gasteiger partial charge on any atom is 0.241 e. The Hall–Kier alpha value is -1.99. The molecule has 3 aromatic rings. The number of thiophene rings is 1. The number of aromatic nitrogens is 5. The molecule has 3 aromatic heterocycles. The smallest absolute Gasteiger partial charge is 0.241 e. The first-order chi connectivity index (χ1) is 9.70. The molecule has 0 saturated heterocycles. The number of aryl methyl sites for hydroxylation is 1. The number of rotatable bonds is 4. The Bertz CT molecular complexity index is 709. The summed E-state index contributed by atoms with van der Waals surface area (Å²) in [7, 11) is 0. The number of anilines is 1. The summed E-state index contributed by atoms with van der Waals surface area (Å²) in [6, 6.07) is 4.16. The van der Waals surface area contributed by atoms with Gasteiger partial charge in [-0.15, -0.1) is 11.3 Å². The fourth-order valence-corrected chi connectivity index (χ4v) is 2.64. The average molecular weight is 307 g/mol. The molecule has 0 saturated carbocycles. The second kappa shape index (κ2) is 5.56. The van der Waals surface area contributed by atoms with Crippen LogP contribution in [-0.4, -0.2) is 24.5 Å². The second-order valence-electron chi connectivity index (χ2n) is 4.06. The Morgan fingerprint density at radius 3 is 2.90 bits per heavy atom. The zero-order valence-corrected chi connectivity index (χ0v) is 12.2. The molecule has 3 heterocycles. The minimum absolute atomic E-state index is 0.147. The number of nitrogens with one attached hydrogen (secondary N) is 1. The molecule has 8 heteroatoms. The standard InChI is InChI=1S/C12H11ClN6S/c1-8-2-3-9(20-8)6-15-11-16-10(13)17-12(18-11)19-5-4-14-7-19/h2-5,7H,6H2,1H3,(H,15,16,17,18). The molecule has 0 aliphatic rings. The van der Waals surface area contributed by atoms with Gasteiger partial charge in [0.05, 0.1) is 6.54 Å². The fraction of sp³-hybridized carbons (Fsp3) is 0.167. The van der Waals surface area contributed by atoms with Crippen LogP contribution in [0.4, 0.5) is 5.95 Å². The van der Waals surface area contributed by atoms with Gasteiger partial charge < -0.3 is 5.32 Å². The molecule has 0 radical (unpaired) electrons. The maximum atomic E-state index is 5.92. The molecule has 0 fully saturated rings. The third-order valence-corrected chi connectivity index (χ3v) is 3.72. The molecule has 0 aliphatic carbocycles. The summed E-state index contributed by atoms with van der Waals surface area (Å²) in [5.74, 6) is 0.882. The first-order valence-electron chi connectivity index (χ1n) is 5.90. The summed E-state index contributed by atoms with van der Waals surface area (Å²) in [5.41, 5.74) is 0. The van der Waals surface area contributed by atoms with E-state index in [1.165, 1.54) is 9.75 Å². The van der Waals surface area contributed by atoms with Gasteiger partial charge in [0.1, 0.15) is 6.33 Å². The van der Waals surface area contributed by atoms with Crippen LogP contribution in [0.2, 0.25) is 5.28 Å². The van der Waals surface area contributed by atoms with Crippen LogP contribution in [0, 0.1) is 6.92 Å². The molecule has 0 atom stereocenters. The van der Waals surface area contributed by atoms with Gasteiger partial charge in [-0.1, -0.05) is 0 Å². The summed E-state index contributed by atoms with van der Waals surface area (Å²) in [5, 5.41) is 3.29. The van der Waals surface area contributed by atoms with Crippen LogP contribution >= 0.6 is 22.9 Å². The zero-order chi connectivity index (χ0) is 13.9. The quantitative estimate of drug-likeness (QED) is 0.802. The van der Waals surface area contributed by atoms with Crippen molar-refractivity contribution in [2.24, 2.45) is 0 Å². The molecule has 0 bridgehead atoms. The molecule has 0 aliphatic heterocycles. The maximum absolute atomic E-state index is 5.92. The highest BCUT2D eigenvalue weighted by Gasteiger charge is 2.07. The average Bonchev–Trinajstić information content (AvgIpc) is 3.07. The predicted molar refractivity (Wildman–Crippen MR) is 78.3 cm³/mol. The van der Waals surface area contributed by atoms with Crippen LogP contribution in [0.25, 0.3) is 5.95 Å². The molecule has 3 rings (SSSR count). The first kappa shape index (κ1) is 13.0. The third kappa shape index (κ3) is 2.94. The monoisotopic (exact) mass is 306 g/mol. The minimum atomic E-state index is 0.147. The Morgan fingerprint density at radius 1 is 1.30 bits per heavy atom. The highest BCUT2D eigenvalue weighted by molar-refractivity contribution is 7.11. The van der Waals surface area contributed by atoms with Gasteiger partial charge >= 0.3 is 0 Å². The Kier molecular flexibility index (Phi) is 3.62. The van der Waals surface area contributed by atoms with Crippen molar-refractivity contribution in [1.82, 2.24) is 24.5 Å². The third-order valence-electron chi connectivity index (χ3n) is 2.55. The molecule has 0 amide bonds. The second-order valence-corrected chi connectivity index (χ2v) is 5.77. The van der Waals surface area contributed by atoms with Gasteiger partial charge in [-0.2, -0.15) is 15.0 Å². The van der Waals surface area contributed by atoms with Gasteiger partial charge in [0.25, 0.3) is 0 Å². The normalized spacial score (nSPS) is 10.7. The van der Waals surface area contributed by atoms with Crippen molar-refractivity contribution >= 4 is 28.9 Å². The number of halogens is 1. The van der Waals surface area contributed by atoms with Gasteiger partial charge in [0.2, 0.25) is 17.2 Å². The molecule has 0 unspecified atom stereocenters. The van der Waals surface area contributed by atoms with E-state index in [0.717, 1.165) is 0 Å². The van der Waals surface area contributed by atoms with Crippen LogP contribution in [0.1, 0.15) is 9.75 Å². The van der Waals surface area contributed by atoms with Crippen molar-refractivity contribution in [3.63, 3.8) is 0 Å². The summed E-state index contributed by atoms with van der Waals surface area (Å²) < 4.78 is 1.67. The van der Waals surface area contributed by atoms with E-state index in [1.807, 2.05) is 0 Å². The number of hydrogen-bond acceptors (Lipinski definition) is 6. The summed E-state index contributed by atoms with van der Waals surface area (Å²) >= 11 is 7.65. The van der Waals surface area contributed by atoms with E-state index in [4.69, 9.17) is 11.6 Å². The fourth-order valence-electron chi connectivity index (χ4n) is 1.66. The van der Waals surface area contributed by atoms with Crippen molar-refractivity contribution in [3.05, 3.63) is 45.9 Å². The highest BCUT2D eigenvalue weighted by atomic mass is 35.5. The van der Waals surface area contributed by atoms with E-state index in [1.54, 1.807) is 34.6 Å². The largest absolute Gasteiger partial charge is 0.349 e. The molecule has 0 aromatic carbocycles. The van der Waals surface area contributed by atoms with Crippen molar-refractivity contribution in [1.29, 1.82) is 0 Å². The Morgan fingerprint density at radius 2 is 2.20 bits per heavy atom. The van der Waals surface area contributed by atoms with Crippen LogP contribution in [-0.2, 0) is 6.54 Å². The van der Waals surface area contributed by atoms with E-state index in [9.17, 15) is 0 Å². The Labute approximate surface area is 124 Å². The van der Waals surface area contributed by atoms with E-state index < -0.39 is 0 Å². The molecule has 1 N–H and O–H groups in total. The van der Waals surface area contributed by atoms with Crippen molar-refractivity contribution in [3.8, 4) is 5.95 Å². The lowest BCUT2D eigenvalue weighted by molar-refractivity contribution is 0.890. The van der Waals surface area contributed by atoms with Crippen LogP contribution in [0.5, 0.6) is 0 Å². The molecule has 20 heavy (non-hydrogen) atoms. The summed E-state index contributed by atoms with van der Waals surface area (Å²) in [6.07, 6.45) is 5.01. The zero-order valence-electron chi connectivity index (χ0n) is 10.6. The van der Waals surface area contributed by atoms with Crippen LogP contribution in [0.3, 0.4) is 0 Å². The van der Waals surface area contributed by atoms with E-state index >= 15 is 0 Å². The minimum Gasteiger partial charge on any atom is -0.349 e. The SMILES string of the molecule is Cc1ccc(CNc2nc(Cl)nc(-n3ccnc3)n2)s1. The van der Waals surface area contributed by atoms with Gasteiger partial charge in [0, 0.05) is 22.1 Å². The van der Waals surface area contributed by atoms with Gasteiger partial charge in [-0.05, 0) is 30.7 Å². The van der Waals surface area contributed by atoms with E-state index in [2.05, 4.69) is 44.3 Å². The van der Waals surface area contributed by atoms with Crippen LogP contribution in [0.15, 0.2) is 30.9 Å². The lowest BCUT2D eigenvalue weighted by Gasteiger charge is -2.06. The van der Waals surface area contributed by atoms with Gasteiger partial charge in [-0.3, -0.25) is 4.57 Å². The summed E-state index contributed by atoms with van der Waals surface area (Å²) in [4.78, 5) is 18.9. The lowest BCUT2D eigenvalue weighted by Crippen LogP contribution is -2.07. The van der Waals surface area contributed by atoms with Gasteiger partial charge in [0.15, 0.2) is 0 Å². The predicted octanol–water partition coefficient (Wildman–Crippen LogP) is 2.69. The van der Waals surface area contributed by atoms with Crippen molar-refractivity contribution in [2.75, 3.05) is 5.32 Å². The molecular weight excluding hydrogens is 296 g/mol. The molecule has 6 nitrogen and oxygen atoms in total. The molecular formula is C12H11ClN6S. The Balaban J connectivity index is 1.79. The topological polar surface area (TPSA) is 68.5 Å². The van der Waals surface area contributed by atoms with Crippen LogP contribution < -0.4 is 5.32 Å². The van der Waals surface area contributed by atoms with E-state index in [-0.39, 0.29) is 5.28 Å². The molecule has 102 valence electrons. The first-order valence-corrected chi connectivity index (χ1v) is 7.09. The van der Waals surface area contributed by atoms with E-state index in [0.29, 0.717) is 18.4 Å².